The molecule has 0 aliphatic rings. The van der Waals surface area contributed by atoms with Gasteiger partial charge in [-0.2, -0.15) is 0 Å². The quantitative estimate of drug-likeness (QED) is 0.616. The Hall–Kier alpha value is -1.33. The van der Waals surface area contributed by atoms with Crippen LogP contribution in [0.1, 0.15) is 13.8 Å². The van der Waals surface area contributed by atoms with E-state index in [9.17, 15) is 10.1 Å². The highest BCUT2D eigenvalue weighted by Crippen LogP contribution is 2.27. The van der Waals surface area contributed by atoms with Crippen LogP contribution in [-0.4, -0.2) is 18.0 Å². The number of hydrogen-bond donors (Lipinski definition) is 2. The fourth-order valence-corrected chi connectivity index (χ4v) is 1.85. The zero-order valence-corrected chi connectivity index (χ0v) is 11.3. The fourth-order valence-electron chi connectivity index (χ4n) is 1.61. The molecule has 0 bridgehead atoms. The number of nitrogens with one attached hydrogen (secondary N) is 1. The molecule has 0 aliphatic heterocycles. The van der Waals surface area contributed by atoms with Crippen LogP contribution in [0.5, 0.6) is 0 Å². The summed E-state index contributed by atoms with van der Waals surface area (Å²) in [7, 11) is 0. The predicted molar refractivity (Wildman–Crippen MR) is 74.0 cm³/mol. The number of anilines is 1. The van der Waals surface area contributed by atoms with Crippen molar-refractivity contribution >= 4 is 23.0 Å². The fraction of sp³-hybridized carbons (Fsp3) is 0.500. The molecular weight excluding hydrogens is 254 g/mol. The molecule has 1 aromatic rings. The highest BCUT2D eigenvalue weighted by Gasteiger charge is 2.14. The Morgan fingerprint density at radius 3 is 2.61 bits per heavy atom. The first-order valence-corrected chi connectivity index (χ1v) is 6.21. The van der Waals surface area contributed by atoms with Gasteiger partial charge in [0.15, 0.2) is 0 Å². The molecule has 0 heterocycles. The summed E-state index contributed by atoms with van der Waals surface area (Å²) in [5.74, 6) is 0.843. The average molecular weight is 272 g/mol. The largest absolute Gasteiger partial charge is 0.385 e. The van der Waals surface area contributed by atoms with Crippen LogP contribution in [0.4, 0.5) is 11.4 Å². The lowest BCUT2D eigenvalue weighted by Gasteiger charge is -2.19. The maximum atomic E-state index is 10.6. The predicted octanol–water partition coefficient (Wildman–Crippen LogP) is 2.89. The van der Waals surface area contributed by atoms with Crippen LogP contribution >= 0.6 is 11.6 Å². The number of nitro benzene ring substituents is 1. The number of rotatable bonds is 6. The highest BCUT2D eigenvalue weighted by molar-refractivity contribution is 6.32. The Morgan fingerprint density at radius 2 is 2.17 bits per heavy atom. The number of hydrogen-bond acceptors (Lipinski definition) is 4. The van der Waals surface area contributed by atoms with E-state index in [1.165, 1.54) is 6.07 Å². The topological polar surface area (TPSA) is 81.2 Å². The van der Waals surface area contributed by atoms with E-state index in [0.29, 0.717) is 18.4 Å². The van der Waals surface area contributed by atoms with Crippen LogP contribution in [0.25, 0.3) is 0 Å². The molecule has 1 aromatic carbocycles. The number of benzene rings is 1. The van der Waals surface area contributed by atoms with E-state index in [1.54, 1.807) is 12.1 Å². The Morgan fingerprint density at radius 1 is 1.50 bits per heavy atom. The van der Waals surface area contributed by atoms with Crippen LogP contribution in [0, 0.1) is 22.0 Å². The van der Waals surface area contributed by atoms with Crippen LogP contribution in [-0.2, 0) is 0 Å². The Balaban J connectivity index is 2.69. The van der Waals surface area contributed by atoms with Crippen LogP contribution in [0.3, 0.4) is 0 Å². The summed E-state index contributed by atoms with van der Waals surface area (Å²) in [6.45, 7) is 5.55. The molecule has 0 radical (unpaired) electrons. The molecule has 100 valence electrons. The van der Waals surface area contributed by atoms with Crippen LogP contribution < -0.4 is 11.1 Å². The van der Waals surface area contributed by atoms with E-state index in [1.807, 2.05) is 0 Å². The van der Waals surface area contributed by atoms with Gasteiger partial charge in [-0.25, -0.2) is 0 Å². The molecule has 18 heavy (non-hydrogen) atoms. The van der Waals surface area contributed by atoms with E-state index in [0.717, 1.165) is 12.2 Å². The van der Waals surface area contributed by atoms with E-state index in [4.69, 9.17) is 17.3 Å². The minimum atomic E-state index is -0.497. The van der Waals surface area contributed by atoms with E-state index in [-0.39, 0.29) is 10.7 Å². The van der Waals surface area contributed by atoms with Gasteiger partial charge in [-0.1, -0.05) is 25.4 Å². The van der Waals surface area contributed by atoms with Gasteiger partial charge in [0.25, 0.3) is 5.69 Å². The zero-order valence-electron chi connectivity index (χ0n) is 10.5. The van der Waals surface area contributed by atoms with Crippen molar-refractivity contribution < 1.29 is 4.92 Å². The molecule has 0 aliphatic carbocycles. The van der Waals surface area contributed by atoms with Gasteiger partial charge in [-0.15, -0.1) is 0 Å². The zero-order chi connectivity index (χ0) is 13.7. The minimum Gasteiger partial charge on any atom is -0.385 e. The number of nitrogens with two attached hydrogens (primary N) is 1. The third-order valence-corrected chi connectivity index (χ3v) is 3.26. The second-order valence-corrected chi connectivity index (χ2v) is 4.95. The molecule has 1 unspecified atom stereocenters. The number of halogens is 1. The normalized spacial score (nSPS) is 12.5. The Kier molecular flexibility index (Phi) is 5.37. The molecule has 0 saturated carbocycles. The van der Waals surface area contributed by atoms with Gasteiger partial charge in [0.05, 0.1) is 4.92 Å². The first kappa shape index (κ1) is 14.7. The van der Waals surface area contributed by atoms with E-state index >= 15 is 0 Å². The van der Waals surface area contributed by atoms with Crippen molar-refractivity contribution in [2.24, 2.45) is 17.6 Å². The lowest BCUT2D eigenvalue weighted by atomic mass is 9.96. The third-order valence-electron chi connectivity index (χ3n) is 2.96. The molecule has 0 spiro atoms. The molecule has 5 nitrogen and oxygen atoms in total. The van der Waals surface area contributed by atoms with E-state index < -0.39 is 4.92 Å². The summed E-state index contributed by atoms with van der Waals surface area (Å²) in [4.78, 5) is 10.1. The molecule has 0 fully saturated rings. The summed E-state index contributed by atoms with van der Waals surface area (Å²) >= 11 is 5.83. The summed E-state index contributed by atoms with van der Waals surface area (Å²) in [6.07, 6.45) is 0. The lowest BCUT2D eigenvalue weighted by molar-refractivity contribution is -0.384. The maximum absolute atomic E-state index is 10.6. The van der Waals surface area contributed by atoms with Crippen LogP contribution in [0.15, 0.2) is 18.2 Å². The molecule has 0 amide bonds. The van der Waals surface area contributed by atoms with E-state index in [2.05, 4.69) is 19.2 Å². The van der Waals surface area contributed by atoms with Crippen molar-refractivity contribution in [1.29, 1.82) is 0 Å². The van der Waals surface area contributed by atoms with Gasteiger partial charge in [0.1, 0.15) is 5.02 Å². The lowest BCUT2D eigenvalue weighted by Crippen LogP contribution is -2.27. The van der Waals surface area contributed by atoms with Gasteiger partial charge < -0.3 is 11.1 Å². The first-order valence-electron chi connectivity index (χ1n) is 5.83. The van der Waals surface area contributed by atoms with Crippen molar-refractivity contribution in [2.75, 3.05) is 18.4 Å². The van der Waals surface area contributed by atoms with Gasteiger partial charge in [0.2, 0.25) is 0 Å². The summed E-state index contributed by atoms with van der Waals surface area (Å²) in [5.41, 5.74) is 6.36. The first-order chi connectivity index (χ1) is 8.45. The molecule has 1 atom stereocenters. The van der Waals surface area contributed by atoms with Crippen molar-refractivity contribution in [1.82, 2.24) is 0 Å². The van der Waals surface area contributed by atoms with Gasteiger partial charge in [-0.05, 0) is 30.5 Å². The Bertz CT molecular complexity index is 424. The average Bonchev–Trinajstić information content (AvgIpc) is 2.28. The Labute approximate surface area is 111 Å². The summed E-state index contributed by atoms with van der Waals surface area (Å²) < 4.78 is 0. The van der Waals surface area contributed by atoms with Gasteiger partial charge in [0, 0.05) is 18.3 Å². The molecule has 6 heteroatoms. The molecule has 0 aromatic heterocycles. The highest BCUT2D eigenvalue weighted by atomic mass is 35.5. The number of nitro groups is 1. The second-order valence-electron chi connectivity index (χ2n) is 4.54. The van der Waals surface area contributed by atoms with Crippen molar-refractivity contribution in [3.8, 4) is 0 Å². The van der Waals surface area contributed by atoms with Crippen LogP contribution in [0.2, 0.25) is 5.02 Å². The minimum absolute atomic E-state index is 0.0820. The van der Waals surface area contributed by atoms with Gasteiger partial charge >= 0.3 is 0 Å². The third kappa shape index (κ3) is 3.85. The summed E-state index contributed by atoms with van der Waals surface area (Å²) in [5, 5.41) is 14.0. The smallest absolute Gasteiger partial charge is 0.288 e. The monoisotopic (exact) mass is 271 g/mol. The molecule has 3 N–H and O–H groups in total. The van der Waals surface area contributed by atoms with Crippen molar-refractivity contribution in [2.45, 2.75) is 13.8 Å². The van der Waals surface area contributed by atoms with Crippen molar-refractivity contribution in [3.63, 3.8) is 0 Å². The second kappa shape index (κ2) is 6.56. The van der Waals surface area contributed by atoms with Crippen molar-refractivity contribution in [3.05, 3.63) is 33.3 Å². The maximum Gasteiger partial charge on any atom is 0.288 e. The standard InChI is InChI=1S/C12H18ClN3O2/c1-8(2)9(6-14)7-15-10-3-4-12(16(17)18)11(13)5-10/h3-5,8-9,15H,6-7,14H2,1-2H3. The number of nitrogens with zero attached hydrogens (tertiary/aromatic N) is 1. The molecule has 1 rings (SSSR count). The summed E-state index contributed by atoms with van der Waals surface area (Å²) in [6, 6.07) is 4.61. The molecular formula is C12H18ClN3O2. The SMILES string of the molecule is CC(C)C(CN)CNc1ccc([N+](=O)[O-])c(Cl)c1. The van der Waals surface area contributed by atoms with Gasteiger partial charge in [-0.3, -0.25) is 10.1 Å². The molecule has 0 saturated heterocycles.